The Labute approximate surface area is 86.1 Å². The minimum atomic E-state index is 0.254. The normalized spacial score (nSPS) is 12.5. The Kier molecular flexibility index (Phi) is 4.47. The van der Waals surface area contributed by atoms with E-state index in [0.717, 1.165) is 25.2 Å². The van der Waals surface area contributed by atoms with E-state index < -0.39 is 0 Å². The van der Waals surface area contributed by atoms with Gasteiger partial charge in [-0.1, -0.05) is 18.2 Å². The summed E-state index contributed by atoms with van der Waals surface area (Å²) in [5, 5.41) is 0. The van der Waals surface area contributed by atoms with Crippen LogP contribution in [-0.4, -0.2) is 12.6 Å². The molecule has 2 heteroatoms. The van der Waals surface area contributed by atoms with E-state index in [1.165, 1.54) is 5.56 Å². The highest BCUT2D eigenvalue weighted by molar-refractivity contribution is 5.33. The van der Waals surface area contributed by atoms with Crippen LogP contribution in [0.15, 0.2) is 24.3 Å². The maximum atomic E-state index is 5.72. The molecule has 0 amide bonds. The molecular weight excluding hydrogens is 174 g/mol. The molecule has 0 aliphatic rings. The van der Waals surface area contributed by atoms with Gasteiger partial charge in [-0.3, -0.25) is 0 Å². The van der Waals surface area contributed by atoms with Gasteiger partial charge in [0.1, 0.15) is 5.75 Å². The van der Waals surface area contributed by atoms with E-state index in [9.17, 15) is 0 Å². The minimum Gasteiger partial charge on any atom is -0.494 e. The molecule has 0 aliphatic carbocycles. The summed E-state index contributed by atoms with van der Waals surface area (Å²) in [4.78, 5) is 0. The lowest BCUT2D eigenvalue weighted by Gasteiger charge is -2.10. The standard InChI is InChI=1S/C12H19NO/c1-3-14-12-7-5-4-6-11(12)9-8-10(2)13/h4-7,10H,3,8-9,13H2,1-2H3. The number of nitrogens with two attached hydrogens (primary N) is 1. The summed E-state index contributed by atoms with van der Waals surface area (Å²) in [6.07, 6.45) is 2.00. The second-order valence-corrected chi connectivity index (χ2v) is 3.56. The first-order valence-corrected chi connectivity index (χ1v) is 5.20. The molecule has 1 rings (SSSR count). The number of ether oxygens (including phenoxy) is 1. The Morgan fingerprint density at radius 2 is 2.07 bits per heavy atom. The molecule has 0 radical (unpaired) electrons. The topological polar surface area (TPSA) is 35.2 Å². The van der Waals surface area contributed by atoms with Crippen LogP contribution in [0.2, 0.25) is 0 Å². The number of aryl methyl sites for hydroxylation is 1. The average Bonchev–Trinajstić information content (AvgIpc) is 2.17. The highest BCUT2D eigenvalue weighted by atomic mass is 16.5. The van der Waals surface area contributed by atoms with Gasteiger partial charge in [0, 0.05) is 6.04 Å². The summed E-state index contributed by atoms with van der Waals surface area (Å²) in [6, 6.07) is 8.41. The molecule has 0 fully saturated rings. The third kappa shape index (κ3) is 3.38. The predicted octanol–water partition coefficient (Wildman–Crippen LogP) is 2.37. The van der Waals surface area contributed by atoms with Crippen LogP contribution in [0.5, 0.6) is 5.75 Å². The van der Waals surface area contributed by atoms with E-state index >= 15 is 0 Å². The zero-order valence-electron chi connectivity index (χ0n) is 8.99. The Balaban J connectivity index is 2.64. The highest BCUT2D eigenvalue weighted by Gasteiger charge is 2.03. The minimum absolute atomic E-state index is 0.254. The molecule has 0 heterocycles. The molecule has 1 aromatic carbocycles. The summed E-state index contributed by atoms with van der Waals surface area (Å²) < 4.78 is 5.53. The third-order valence-corrected chi connectivity index (χ3v) is 2.14. The number of rotatable bonds is 5. The first-order valence-electron chi connectivity index (χ1n) is 5.20. The fourth-order valence-electron chi connectivity index (χ4n) is 1.39. The van der Waals surface area contributed by atoms with Gasteiger partial charge in [0.2, 0.25) is 0 Å². The Morgan fingerprint density at radius 3 is 2.71 bits per heavy atom. The van der Waals surface area contributed by atoms with Crippen molar-refractivity contribution in [2.24, 2.45) is 5.73 Å². The lowest BCUT2D eigenvalue weighted by atomic mass is 10.1. The van der Waals surface area contributed by atoms with Gasteiger partial charge in [0.05, 0.1) is 6.61 Å². The molecule has 0 aromatic heterocycles. The summed E-state index contributed by atoms with van der Waals surface area (Å²) >= 11 is 0. The zero-order chi connectivity index (χ0) is 10.4. The van der Waals surface area contributed by atoms with Crippen LogP contribution in [0.1, 0.15) is 25.8 Å². The molecule has 2 nitrogen and oxygen atoms in total. The van der Waals surface area contributed by atoms with E-state index in [2.05, 4.69) is 6.07 Å². The van der Waals surface area contributed by atoms with E-state index in [-0.39, 0.29) is 6.04 Å². The molecule has 2 N–H and O–H groups in total. The van der Waals surface area contributed by atoms with E-state index in [0.29, 0.717) is 0 Å². The number of hydrogen-bond donors (Lipinski definition) is 1. The van der Waals surface area contributed by atoms with Crippen LogP contribution in [-0.2, 0) is 6.42 Å². The van der Waals surface area contributed by atoms with Crippen molar-refractivity contribution in [3.63, 3.8) is 0 Å². The molecule has 78 valence electrons. The maximum absolute atomic E-state index is 5.72. The van der Waals surface area contributed by atoms with Gasteiger partial charge >= 0.3 is 0 Å². The van der Waals surface area contributed by atoms with E-state index in [1.807, 2.05) is 32.0 Å². The van der Waals surface area contributed by atoms with Crippen LogP contribution in [0.4, 0.5) is 0 Å². The first-order chi connectivity index (χ1) is 6.74. The first kappa shape index (κ1) is 11.1. The van der Waals surface area contributed by atoms with Crippen LogP contribution >= 0.6 is 0 Å². The van der Waals surface area contributed by atoms with Crippen molar-refractivity contribution in [2.75, 3.05) is 6.61 Å². The summed E-state index contributed by atoms with van der Waals surface area (Å²) in [7, 11) is 0. The van der Waals surface area contributed by atoms with Crippen molar-refractivity contribution in [1.29, 1.82) is 0 Å². The number of hydrogen-bond acceptors (Lipinski definition) is 2. The molecule has 1 atom stereocenters. The molecule has 0 saturated carbocycles. The van der Waals surface area contributed by atoms with Crippen molar-refractivity contribution in [2.45, 2.75) is 32.7 Å². The van der Waals surface area contributed by atoms with Crippen LogP contribution in [0.3, 0.4) is 0 Å². The van der Waals surface area contributed by atoms with Crippen molar-refractivity contribution in [3.8, 4) is 5.75 Å². The monoisotopic (exact) mass is 193 g/mol. The quantitative estimate of drug-likeness (QED) is 0.779. The summed E-state index contributed by atoms with van der Waals surface area (Å²) in [5.74, 6) is 0.996. The smallest absolute Gasteiger partial charge is 0.122 e. The average molecular weight is 193 g/mol. The van der Waals surface area contributed by atoms with Gasteiger partial charge in [0.25, 0.3) is 0 Å². The largest absolute Gasteiger partial charge is 0.494 e. The summed E-state index contributed by atoms with van der Waals surface area (Å²) in [6.45, 7) is 4.75. The molecule has 1 unspecified atom stereocenters. The fraction of sp³-hybridized carbons (Fsp3) is 0.500. The lowest BCUT2D eigenvalue weighted by Crippen LogP contribution is -2.15. The molecule has 0 spiro atoms. The van der Waals surface area contributed by atoms with E-state index in [4.69, 9.17) is 10.5 Å². The van der Waals surface area contributed by atoms with Crippen LogP contribution in [0, 0.1) is 0 Å². The van der Waals surface area contributed by atoms with Crippen LogP contribution in [0.25, 0.3) is 0 Å². The number of benzene rings is 1. The Morgan fingerprint density at radius 1 is 1.36 bits per heavy atom. The SMILES string of the molecule is CCOc1ccccc1CCC(C)N. The van der Waals surface area contributed by atoms with Gasteiger partial charge in [-0.15, -0.1) is 0 Å². The second kappa shape index (κ2) is 5.66. The molecule has 0 saturated heterocycles. The van der Waals surface area contributed by atoms with E-state index in [1.54, 1.807) is 0 Å². The number of para-hydroxylation sites is 1. The fourth-order valence-corrected chi connectivity index (χ4v) is 1.39. The lowest BCUT2D eigenvalue weighted by molar-refractivity contribution is 0.336. The van der Waals surface area contributed by atoms with Gasteiger partial charge < -0.3 is 10.5 Å². The van der Waals surface area contributed by atoms with Crippen LogP contribution < -0.4 is 10.5 Å². The predicted molar refractivity (Wildman–Crippen MR) is 59.6 cm³/mol. The van der Waals surface area contributed by atoms with Gasteiger partial charge in [-0.05, 0) is 38.3 Å². The van der Waals surface area contributed by atoms with Gasteiger partial charge in [-0.25, -0.2) is 0 Å². The molecule has 1 aromatic rings. The third-order valence-electron chi connectivity index (χ3n) is 2.14. The Hall–Kier alpha value is -1.02. The molecule has 0 aliphatic heterocycles. The van der Waals surface area contributed by atoms with Crippen molar-refractivity contribution in [1.82, 2.24) is 0 Å². The van der Waals surface area contributed by atoms with Gasteiger partial charge in [0.15, 0.2) is 0 Å². The summed E-state index contributed by atoms with van der Waals surface area (Å²) in [5.41, 5.74) is 6.98. The van der Waals surface area contributed by atoms with Gasteiger partial charge in [-0.2, -0.15) is 0 Å². The molecule has 0 bridgehead atoms. The second-order valence-electron chi connectivity index (χ2n) is 3.56. The van der Waals surface area contributed by atoms with Crippen molar-refractivity contribution < 1.29 is 4.74 Å². The van der Waals surface area contributed by atoms with Crippen molar-refractivity contribution in [3.05, 3.63) is 29.8 Å². The zero-order valence-corrected chi connectivity index (χ0v) is 8.99. The van der Waals surface area contributed by atoms with Crippen molar-refractivity contribution >= 4 is 0 Å². The highest BCUT2D eigenvalue weighted by Crippen LogP contribution is 2.19. The Bertz CT molecular complexity index is 271. The molecule has 14 heavy (non-hydrogen) atoms. The molecular formula is C12H19NO. The maximum Gasteiger partial charge on any atom is 0.122 e.